The van der Waals surface area contributed by atoms with Crippen molar-refractivity contribution in [1.29, 1.82) is 0 Å². The summed E-state index contributed by atoms with van der Waals surface area (Å²) in [6.07, 6.45) is 0.830. The highest BCUT2D eigenvalue weighted by Crippen LogP contribution is 2.28. The van der Waals surface area contributed by atoms with Crippen molar-refractivity contribution in [2.45, 2.75) is 19.6 Å². The van der Waals surface area contributed by atoms with Crippen LogP contribution in [0.5, 0.6) is 17.2 Å². The average molecular weight is 481 g/mol. The van der Waals surface area contributed by atoms with Gasteiger partial charge in [-0.15, -0.1) is 0 Å². The van der Waals surface area contributed by atoms with E-state index in [0.717, 1.165) is 22.3 Å². The molecule has 0 aliphatic rings. The molecule has 0 fully saturated rings. The number of amides is 1. The van der Waals surface area contributed by atoms with Crippen LogP contribution in [-0.4, -0.2) is 25.3 Å². The summed E-state index contributed by atoms with van der Waals surface area (Å²) in [7, 11) is 1.58. The molecule has 1 amide bonds. The predicted molar refractivity (Wildman–Crippen MR) is 141 cm³/mol. The summed E-state index contributed by atoms with van der Waals surface area (Å²) >= 11 is 0. The van der Waals surface area contributed by atoms with Gasteiger partial charge in [0, 0.05) is 0 Å². The van der Waals surface area contributed by atoms with Crippen LogP contribution < -0.4 is 19.6 Å². The maximum absolute atomic E-state index is 12.4. The fraction of sp³-hybridized carbons (Fsp3) is 0.133. The van der Waals surface area contributed by atoms with Crippen LogP contribution >= 0.6 is 0 Å². The van der Waals surface area contributed by atoms with Gasteiger partial charge in [0.1, 0.15) is 12.4 Å². The smallest absolute Gasteiger partial charge is 0.280 e. The van der Waals surface area contributed by atoms with Gasteiger partial charge in [-0.2, -0.15) is 5.10 Å². The van der Waals surface area contributed by atoms with E-state index in [1.165, 1.54) is 0 Å². The molecule has 1 N–H and O–H groups in total. The monoisotopic (exact) mass is 480 g/mol. The normalized spacial score (nSPS) is 11.6. The Labute approximate surface area is 211 Å². The molecule has 4 rings (SSSR count). The molecule has 0 unspecified atom stereocenters. The van der Waals surface area contributed by atoms with Crippen LogP contribution in [0.15, 0.2) is 108 Å². The number of nitrogens with one attached hydrogen (secondary N) is 1. The highest BCUT2D eigenvalue weighted by molar-refractivity contribution is 5.85. The molecular weight excluding hydrogens is 452 g/mol. The second kappa shape index (κ2) is 12.2. The lowest BCUT2D eigenvalue weighted by atomic mass is 10.1. The molecule has 1 atom stereocenters. The molecule has 0 heterocycles. The number of rotatable bonds is 10. The largest absolute Gasteiger partial charge is 0.493 e. The molecule has 4 aromatic rings. The number of nitrogens with zero attached hydrogens (tertiary/aromatic N) is 1. The number of hydrogen-bond donors (Lipinski definition) is 1. The molecule has 0 aromatic heterocycles. The number of hydrogen-bond acceptors (Lipinski definition) is 5. The van der Waals surface area contributed by atoms with Crippen LogP contribution in [0.3, 0.4) is 0 Å². The van der Waals surface area contributed by atoms with Crippen molar-refractivity contribution in [2.75, 3.05) is 7.11 Å². The Morgan fingerprint density at radius 2 is 1.53 bits per heavy atom. The molecule has 0 radical (unpaired) electrons. The topological polar surface area (TPSA) is 69.2 Å². The van der Waals surface area contributed by atoms with Crippen LogP contribution in [0.25, 0.3) is 11.1 Å². The molecule has 0 saturated heterocycles. The SMILES string of the molecule is COc1cc(/C=N\NC(=O)[C@H](C)Oc2ccc(-c3ccccc3)cc2)ccc1OCc1ccccc1. The van der Waals surface area contributed by atoms with Gasteiger partial charge in [0.2, 0.25) is 0 Å². The molecule has 36 heavy (non-hydrogen) atoms. The first-order valence-electron chi connectivity index (χ1n) is 11.6. The maximum atomic E-state index is 12.4. The Bertz CT molecular complexity index is 1290. The fourth-order valence-electron chi connectivity index (χ4n) is 3.49. The van der Waals surface area contributed by atoms with Gasteiger partial charge in [-0.25, -0.2) is 5.43 Å². The lowest BCUT2D eigenvalue weighted by Crippen LogP contribution is -2.33. The maximum Gasteiger partial charge on any atom is 0.280 e. The minimum Gasteiger partial charge on any atom is -0.493 e. The molecule has 6 nitrogen and oxygen atoms in total. The van der Waals surface area contributed by atoms with Gasteiger partial charge < -0.3 is 14.2 Å². The summed E-state index contributed by atoms with van der Waals surface area (Å²) < 4.78 is 17.1. The molecule has 0 saturated carbocycles. The minimum atomic E-state index is -0.715. The van der Waals surface area contributed by atoms with E-state index in [1.807, 2.05) is 97.1 Å². The molecule has 0 aliphatic heterocycles. The number of ether oxygens (including phenoxy) is 3. The van der Waals surface area contributed by atoms with Gasteiger partial charge >= 0.3 is 0 Å². The van der Waals surface area contributed by atoms with Crippen LogP contribution in [0.2, 0.25) is 0 Å². The number of benzene rings is 4. The average Bonchev–Trinajstić information content (AvgIpc) is 2.93. The van der Waals surface area contributed by atoms with E-state index in [0.29, 0.717) is 23.9 Å². The molecule has 4 aromatic carbocycles. The lowest BCUT2D eigenvalue weighted by molar-refractivity contribution is -0.127. The van der Waals surface area contributed by atoms with E-state index in [-0.39, 0.29) is 5.91 Å². The standard InChI is InChI=1S/C30H28N2O4/c1-22(36-27-16-14-26(15-17-27)25-11-7-4-8-12-25)30(33)32-31-20-24-13-18-28(29(19-24)34-2)35-21-23-9-5-3-6-10-23/h3-20,22H,21H2,1-2H3,(H,32,33)/b31-20-/t22-/m0/s1. The van der Waals surface area contributed by atoms with Crippen LogP contribution in [-0.2, 0) is 11.4 Å². The van der Waals surface area contributed by atoms with Crippen molar-refractivity contribution in [2.24, 2.45) is 5.10 Å². The van der Waals surface area contributed by atoms with Crippen molar-refractivity contribution in [1.82, 2.24) is 5.43 Å². The van der Waals surface area contributed by atoms with Crippen LogP contribution in [0, 0.1) is 0 Å². The summed E-state index contributed by atoms with van der Waals surface area (Å²) in [6, 6.07) is 33.1. The molecule has 0 spiro atoms. The third kappa shape index (κ3) is 6.73. The number of carbonyl (C=O) groups excluding carboxylic acids is 1. The van der Waals surface area contributed by atoms with Crippen molar-refractivity contribution >= 4 is 12.1 Å². The lowest BCUT2D eigenvalue weighted by Gasteiger charge is -2.13. The summed E-state index contributed by atoms with van der Waals surface area (Å²) in [5.74, 6) is 1.46. The zero-order valence-corrected chi connectivity index (χ0v) is 20.3. The predicted octanol–water partition coefficient (Wildman–Crippen LogP) is 5.86. The number of hydrazone groups is 1. The van der Waals surface area contributed by atoms with E-state index < -0.39 is 6.10 Å². The second-order valence-electron chi connectivity index (χ2n) is 8.07. The van der Waals surface area contributed by atoms with E-state index in [4.69, 9.17) is 14.2 Å². The number of carbonyl (C=O) groups is 1. The molecule has 0 aliphatic carbocycles. The fourth-order valence-corrected chi connectivity index (χ4v) is 3.49. The van der Waals surface area contributed by atoms with E-state index in [9.17, 15) is 4.79 Å². The van der Waals surface area contributed by atoms with E-state index >= 15 is 0 Å². The van der Waals surface area contributed by atoms with Crippen molar-refractivity contribution in [3.05, 3.63) is 114 Å². The highest BCUT2D eigenvalue weighted by Gasteiger charge is 2.14. The molecule has 182 valence electrons. The zero-order valence-electron chi connectivity index (χ0n) is 20.3. The molecule has 6 heteroatoms. The molecule has 0 bridgehead atoms. The first-order chi connectivity index (χ1) is 17.6. The second-order valence-corrected chi connectivity index (χ2v) is 8.07. The van der Waals surface area contributed by atoms with Gasteiger partial charge in [0.05, 0.1) is 13.3 Å². The Morgan fingerprint density at radius 3 is 2.22 bits per heavy atom. The Balaban J connectivity index is 1.29. The molecular formula is C30H28N2O4. The van der Waals surface area contributed by atoms with Crippen molar-refractivity contribution in [3.63, 3.8) is 0 Å². The third-order valence-corrected chi connectivity index (χ3v) is 5.46. The van der Waals surface area contributed by atoms with Crippen molar-refractivity contribution in [3.8, 4) is 28.4 Å². The third-order valence-electron chi connectivity index (χ3n) is 5.46. The summed E-state index contributed by atoms with van der Waals surface area (Å²) in [5, 5.41) is 4.06. The van der Waals surface area contributed by atoms with Gasteiger partial charge in [0.15, 0.2) is 17.6 Å². The number of methoxy groups -OCH3 is 1. The Kier molecular flexibility index (Phi) is 8.33. The van der Waals surface area contributed by atoms with Gasteiger partial charge in [-0.1, -0.05) is 72.8 Å². The van der Waals surface area contributed by atoms with Gasteiger partial charge in [-0.05, 0) is 59.5 Å². The van der Waals surface area contributed by atoms with Gasteiger partial charge in [0.25, 0.3) is 5.91 Å². The summed E-state index contributed by atoms with van der Waals surface area (Å²) in [4.78, 5) is 12.4. The van der Waals surface area contributed by atoms with Crippen LogP contribution in [0.4, 0.5) is 0 Å². The zero-order chi connectivity index (χ0) is 25.2. The first-order valence-corrected chi connectivity index (χ1v) is 11.6. The van der Waals surface area contributed by atoms with Crippen molar-refractivity contribution < 1.29 is 19.0 Å². The minimum absolute atomic E-state index is 0.354. The van der Waals surface area contributed by atoms with Crippen LogP contribution in [0.1, 0.15) is 18.1 Å². The quantitative estimate of drug-likeness (QED) is 0.228. The Hall–Kier alpha value is -4.58. The van der Waals surface area contributed by atoms with Gasteiger partial charge in [-0.3, -0.25) is 4.79 Å². The summed E-state index contributed by atoms with van der Waals surface area (Å²) in [5.41, 5.74) is 6.54. The first kappa shape index (κ1) is 24.5. The Morgan fingerprint density at radius 1 is 0.861 bits per heavy atom. The highest BCUT2D eigenvalue weighted by atomic mass is 16.5. The van der Waals surface area contributed by atoms with E-state index in [2.05, 4.69) is 10.5 Å². The summed E-state index contributed by atoms with van der Waals surface area (Å²) in [6.45, 7) is 2.12. The van der Waals surface area contributed by atoms with E-state index in [1.54, 1.807) is 26.3 Å².